The lowest BCUT2D eigenvalue weighted by atomic mass is 9.96. The molecule has 0 saturated heterocycles. The van der Waals surface area contributed by atoms with E-state index in [4.69, 9.17) is 0 Å². The number of fused-ring (bicyclic) bond motifs is 1. The van der Waals surface area contributed by atoms with E-state index in [2.05, 4.69) is 55.1 Å². The predicted molar refractivity (Wildman–Crippen MR) is 95.3 cm³/mol. The number of thiazole rings is 1. The lowest BCUT2D eigenvalue weighted by Gasteiger charge is -2.26. The number of aromatic nitrogens is 4. The van der Waals surface area contributed by atoms with Crippen molar-refractivity contribution in [2.45, 2.75) is 25.9 Å². The fraction of sp³-hybridized carbons (Fsp3) is 0.294. The van der Waals surface area contributed by atoms with Crippen molar-refractivity contribution in [1.82, 2.24) is 30.8 Å². The van der Waals surface area contributed by atoms with Crippen molar-refractivity contribution < 1.29 is 4.79 Å². The molecule has 0 aliphatic carbocycles. The number of nitrogens with zero attached hydrogens (tertiary/aromatic N) is 3. The summed E-state index contributed by atoms with van der Waals surface area (Å²) in [6.07, 6.45) is 2.35. The molecule has 0 saturated carbocycles. The van der Waals surface area contributed by atoms with Gasteiger partial charge in [0.05, 0.1) is 5.69 Å². The zero-order valence-corrected chi connectivity index (χ0v) is 14.6. The second-order valence-electron chi connectivity index (χ2n) is 6.03. The molecule has 4 rings (SSSR count). The molecule has 25 heavy (non-hydrogen) atoms. The van der Waals surface area contributed by atoms with Crippen LogP contribution in [0.15, 0.2) is 30.6 Å². The number of hydrogen-bond acceptors (Lipinski definition) is 6. The Morgan fingerprint density at radius 3 is 3.00 bits per heavy atom. The molecule has 3 N–H and O–H groups in total. The van der Waals surface area contributed by atoms with Crippen LogP contribution in [0.2, 0.25) is 0 Å². The molecule has 1 aromatic carbocycles. The lowest BCUT2D eigenvalue weighted by molar-refractivity contribution is 0.0952. The number of amides is 1. The first kappa shape index (κ1) is 15.9. The van der Waals surface area contributed by atoms with Crippen LogP contribution < -0.4 is 10.6 Å². The second-order valence-corrected chi connectivity index (χ2v) is 7.03. The molecule has 0 fully saturated rings. The standard InChI is InChI=1S/C17H18N6OS/c1-10-14(25-17(22-10)15-20-9-21-23-15)16(24)19-8-13-6-11-4-2-3-5-12(11)7-18-13/h2-5,9,13,18H,6-8H2,1H3,(H,19,24)(H,20,21,23). The third-order valence-corrected chi connectivity index (χ3v) is 5.46. The highest BCUT2D eigenvalue weighted by Crippen LogP contribution is 2.25. The molecule has 3 aromatic rings. The molecule has 1 amide bonds. The molecule has 0 spiro atoms. The predicted octanol–water partition coefficient (Wildman–Crippen LogP) is 1.68. The Labute approximate surface area is 148 Å². The number of aryl methyl sites for hydroxylation is 1. The Hall–Kier alpha value is -2.58. The van der Waals surface area contributed by atoms with E-state index >= 15 is 0 Å². The van der Waals surface area contributed by atoms with E-state index < -0.39 is 0 Å². The molecule has 1 aliphatic rings. The van der Waals surface area contributed by atoms with Crippen LogP contribution in [0.25, 0.3) is 10.8 Å². The van der Waals surface area contributed by atoms with Gasteiger partial charge in [-0.3, -0.25) is 9.89 Å². The Bertz CT molecular complexity index is 888. The van der Waals surface area contributed by atoms with Crippen LogP contribution in [0.3, 0.4) is 0 Å². The number of carbonyl (C=O) groups is 1. The normalized spacial score (nSPS) is 16.4. The largest absolute Gasteiger partial charge is 0.350 e. The van der Waals surface area contributed by atoms with E-state index in [0.29, 0.717) is 27.9 Å². The molecule has 3 heterocycles. The van der Waals surface area contributed by atoms with Gasteiger partial charge in [0.15, 0.2) is 10.8 Å². The summed E-state index contributed by atoms with van der Waals surface area (Å²) < 4.78 is 0. The summed E-state index contributed by atoms with van der Waals surface area (Å²) in [4.78, 5) is 21.6. The summed E-state index contributed by atoms with van der Waals surface area (Å²) >= 11 is 1.32. The molecule has 128 valence electrons. The van der Waals surface area contributed by atoms with Crippen LogP contribution in [-0.4, -0.2) is 38.7 Å². The van der Waals surface area contributed by atoms with Crippen LogP contribution >= 0.6 is 11.3 Å². The highest BCUT2D eigenvalue weighted by molar-refractivity contribution is 7.17. The Morgan fingerprint density at radius 1 is 1.36 bits per heavy atom. The summed E-state index contributed by atoms with van der Waals surface area (Å²) in [5.74, 6) is 0.485. The monoisotopic (exact) mass is 354 g/mol. The van der Waals surface area contributed by atoms with Crippen molar-refractivity contribution in [3.05, 3.63) is 52.3 Å². The summed E-state index contributed by atoms with van der Waals surface area (Å²) in [5, 5.41) is 13.8. The number of carbonyl (C=O) groups excluding carboxylic acids is 1. The maximum absolute atomic E-state index is 12.5. The highest BCUT2D eigenvalue weighted by Gasteiger charge is 2.21. The van der Waals surface area contributed by atoms with Gasteiger partial charge in [0.1, 0.15) is 11.2 Å². The van der Waals surface area contributed by atoms with Crippen LogP contribution in [-0.2, 0) is 13.0 Å². The minimum atomic E-state index is -0.0959. The molecule has 0 bridgehead atoms. The van der Waals surface area contributed by atoms with Gasteiger partial charge in [-0.15, -0.1) is 11.3 Å². The molecule has 7 nitrogen and oxygen atoms in total. The number of hydrogen-bond donors (Lipinski definition) is 3. The Balaban J connectivity index is 1.40. The number of benzene rings is 1. The first-order chi connectivity index (χ1) is 12.2. The van der Waals surface area contributed by atoms with E-state index in [0.717, 1.165) is 13.0 Å². The smallest absolute Gasteiger partial charge is 0.263 e. The van der Waals surface area contributed by atoms with E-state index in [1.807, 2.05) is 6.92 Å². The maximum atomic E-state index is 12.5. The van der Waals surface area contributed by atoms with E-state index in [-0.39, 0.29) is 11.9 Å². The molecule has 1 unspecified atom stereocenters. The summed E-state index contributed by atoms with van der Waals surface area (Å²) in [6, 6.07) is 8.65. The van der Waals surface area contributed by atoms with Crippen LogP contribution in [0, 0.1) is 6.92 Å². The quantitative estimate of drug-likeness (QED) is 0.662. The fourth-order valence-corrected chi connectivity index (χ4v) is 3.91. The topological polar surface area (TPSA) is 95.6 Å². The molecule has 1 aliphatic heterocycles. The molecular weight excluding hydrogens is 336 g/mol. The van der Waals surface area contributed by atoms with Crippen molar-refractivity contribution in [2.24, 2.45) is 0 Å². The van der Waals surface area contributed by atoms with Crippen molar-refractivity contribution >= 4 is 17.2 Å². The van der Waals surface area contributed by atoms with Gasteiger partial charge in [0.25, 0.3) is 5.91 Å². The number of nitrogens with one attached hydrogen (secondary N) is 3. The SMILES string of the molecule is Cc1nc(-c2ncn[nH]2)sc1C(=O)NCC1Cc2ccccc2CN1. The van der Waals surface area contributed by atoms with Gasteiger partial charge >= 0.3 is 0 Å². The van der Waals surface area contributed by atoms with Crippen LogP contribution in [0.1, 0.15) is 26.5 Å². The van der Waals surface area contributed by atoms with Crippen molar-refractivity contribution in [3.63, 3.8) is 0 Å². The zero-order valence-electron chi connectivity index (χ0n) is 13.7. The second kappa shape index (κ2) is 6.73. The highest BCUT2D eigenvalue weighted by atomic mass is 32.1. The van der Waals surface area contributed by atoms with Gasteiger partial charge in [-0.2, -0.15) is 5.10 Å². The minimum absolute atomic E-state index is 0.0959. The number of aromatic amines is 1. The first-order valence-electron chi connectivity index (χ1n) is 8.12. The minimum Gasteiger partial charge on any atom is -0.350 e. The fourth-order valence-electron chi connectivity index (χ4n) is 2.98. The van der Waals surface area contributed by atoms with E-state index in [1.54, 1.807) is 0 Å². The average molecular weight is 354 g/mol. The van der Waals surface area contributed by atoms with Crippen molar-refractivity contribution in [3.8, 4) is 10.8 Å². The van der Waals surface area contributed by atoms with Crippen molar-refractivity contribution in [2.75, 3.05) is 6.54 Å². The Morgan fingerprint density at radius 2 is 2.20 bits per heavy atom. The maximum Gasteiger partial charge on any atom is 0.263 e. The number of rotatable bonds is 4. The molecule has 0 radical (unpaired) electrons. The number of H-pyrrole nitrogens is 1. The molecule has 1 atom stereocenters. The molecule has 8 heteroatoms. The summed E-state index contributed by atoms with van der Waals surface area (Å²) in [7, 11) is 0. The summed E-state index contributed by atoms with van der Waals surface area (Å²) in [6.45, 7) is 3.26. The van der Waals surface area contributed by atoms with Crippen LogP contribution in [0.5, 0.6) is 0 Å². The van der Waals surface area contributed by atoms with Crippen LogP contribution in [0.4, 0.5) is 0 Å². The molecule has 2 aromatic heterocycles. The van der Waals surface area contributed by atoms with E-state index in [9.17, 15) is 4.79 Å². The van der Waals surface area contributed by atoms with Gasteiger partial charge in [0, 0.05) is 19.1 Å². The zero-order chi connectivity index (χ0) is 17.2. The Kier molecular flexibility index (Phi) is 4.29. The average Bonchev–Trinajstić information content (AvgIpc) is 3.29. The molecular formula is C17H18N6OS. The first-order valence-corrected chi connectivity index (χ1v) is 8.94. The van der Waals surface area contributed by atoms with Gasteiger partial charge in [-0.1, -0.05) is 24.3 Å². The van der Waals surface area contributed by atoms with Gasteiger partial charge < -0.3 is 10.6 Å². The van der Waals surface area contributed by atoms with Gasteiger partial charge in [-0.25, -0.2) is 9.97 Å². The van der Waals surface area contributed by atoms with Gasteiger partial charge in [-0.05, 0) is 24.5 Å². The van der Waals surface area contributed by atoms with Crippen molar-refractivity contribution in [1.29, 1.82) is 0 Å². The van der Waals surface area contributed by atoms with E-state index in [1.165, 1.54) is 28.8 Å². The van der Waals surface area contributed by atoms with Gasteiger partial charge in [0.2, 0.25) is 0 Å². The summed E-state index contributed by atoms with van der Waals surface area (Å²) in [5.41, 5.74) is 3.39. The lowest BCUT2D eigenvalue weighted by Crippen LogP contribution is -2.44. The third-order valence-electron chi connectivity index (χ3n) is 4.30. The third kappa shape index (κ3) is 3.31.